The van der Waals surface area contributed by atoms with Crippen LogP contribution in [0.25, 0.3) is 0 Å². The van der Waals surface area contributed by atoms with Crippen LogP contribution in [0, 0.1) is 5.92 Å². The van der Waals surface area contributed by atoms with Gasteiger partial charge in [0, 0.05) is 23.1 Å². The van der Waals surface area contributed by atoms with Crippen molar-refractivity contribution in [1.82, 2.24) is 5.32 Å². The van der Waals surface area contributed by atoms with E-state index in [1.165, 1.54) is 0 Å². The Kier molecular flexibility index (Phi) is 5.14. The number of aliphatic imine (C=N–C) groups is 1. The van der Waals surface area contributed by atoms with Gasteiger partial charge in [0.15, 0.2) is 0 Å². The van der Waals surface area contributed by atoms with Crippen molar-refractivity contribution in [2.24, 2.45) is 10.9 Å². The largest absolute Gasteiger partial charge is 0.356 e. The van der Waals surface area contributed by atoms with Gasteiger partial charge in [0.25, 0.3) is 0 Å². The van der Waals surface area contributed by atoms with E-state index >= 15 is 0 Å². The molecule has 0 radical (unpaired) electrons. The molecule has 0 aliphatic heterocycles. The molecule has 2 rings (SSSR count). The van der Waals surface area contributed by atoms with Gasteiger partial charge in [-0.15, -0.1) is 0 Å². The van der Waals surface area contributed by atoms with E-state index in [1.54, 1.807) is 0 Å². The van der Waals surface area contributed by atoms with Gasteiger partial charge in [0.05, 0.1) is 6.04 Å². The van der Waals surface area contributed by atoms with Gasteiger partial charge in [-0.25, -0.2) is 0 Å². The highest BCUT2D eigenvalue weighted by Crippen LogP contribution is 2.28. The summed E-state index contributed by atoms with van der Waals surface area (Å²) in [6.45, 7) is 2.66. The maximum absolute atomic E-state index is 11.7. The highest BCUT2D eigenvalue weighted by Gasteiger charge is 2.28. The fraction of sp³-hybridized carbons (Fsp3) is 0.467. The Bertz CT molecular complexity index is 456. The van der Waals surface area contributed by atoms with Gasteiger partial charge in [0.1, 0.15) is 0 Å². The van der Waals surface area contributed by atoms with E-state index in [9.17, 15) is 4.79 Å². The van der Waals surface area contributed by atoms with Crippen LogP contribution in [0.1, 0.15) is 31.7 Å². The molecule has 1 fully saturated rings. The van der Waals surface area contributed by atoms with E-state index in [-0.39, 0.29) is 17.9 Å². The fourth-order valence-electron chi connectivity index (χ4n) is 2.39. The van der Waals surface area contributed by atoms with Crippen LogP contribution in [0.3, 0.4) is 0 Å². The number of benzene rings is 1. The van der Waals surface area contributed by atoms with Crippen molar-refractivity contribution in [2.75, 3.05) is 6.54 Å². The second kappa shape index (κ2) is 6.85. The predicted molar refractivity (Wildman–Crippen MR) is 81.5 cm³/mol. The van der Waals surface area contributed by atoms with Crippen molar-refractivity contribution in [1.29, 1.82) is 0 Å². The molecule has 0 saturated heterocycles. The van der Waals surface area contributed by atoms with Crippen LogP contribution >= 0.6 is 15.9 Å². The van der Waals surface area contributed by atoms with E-state index in [4.69, 9.17) is 0 Å². The first-order chi connectivity index (χ1) is 9.19. The first-order valence-corrected chi connectivity index (χ1v) is 7.54. The summed E-state index contributed by atoms with van der Waals surface area (Å²) in [7, 11) is 0. The van der Waals surface area contributed by atoms with Gasteiger partial charge < -0.3 is 5.32 Å². The van der Waals surface area contributed by atoms with Gasteiger partial charge in [0.2, 0.25) is 5.91 Å². The highest BCUT2D eigenvalue weighted by atomic mass is 79.9. The lowest BCUT2D eigenvalue weighted by atomic mass is 10.1. The van der Waals surface area contributed by atoms with Crippen LogP contribution in [-0.4, -0.2) is 24.7 Å². The molecule has 4 heteroatoms. The molecule has 3 nitrogen and oxygen atoms in total. The zero-order chi connectivity index (χ0) is 13.7. The number of carbonyl (C=O) groups is 1. The summed E-state index contributed by atoms with van der Waals surface area (Å²) < 4.78 is 1.07. The molecular weight excluding hydrogens is 304 g/mol. The summed E-state index contributed by atoms with van der Waals surface area (Å²) >= 11 is 3.41. The molecule has 2 atom stereocenters. The summed E-state index contributed by atoms with van der Waals surface area (Å²) in [6, 6.07) is 8.37. The number of nitrogens with one attached hydrogen (secondary N) is 1. The van der Waals surface area contributed by atoms with Crippen LogP contribution < -0.4 is 5.32 Å². The summed E-state index contributed by atoms with van der Waals surface area (Å²) in [5, 5.41) is 2.89. The number of hydrogen-bond acceptors (Lipinski definition) is 2. The van der Waals surface area contributed by atoms with E-state index in [2.05, 4.69) is 26.2 Å². The zero-order valence-electron chi connectivity index (χ0n) is 11.1. The zero-order valence-corrected chi connectivity index (χ0v) is 12.7. The molecule has 0 unspecified atom stereocenters. The van der Waals surface area contributed by atoms with Crippen molar-refractivity contribution >= 4 is 28.1 Å². The van der Waals surface area contributed by atoms with Gasteiger partial charge >= 0.3 is 0 Å². The van der Waals surface area contributed by atoms with Crippen LogP contribution in [0.15, 0.2) is 33.7 Å². The Morgan fingerprint density at radius 2 is 2.16 bits per heavy atom. The normalized spacial score (nSPS) is 22.8. The quantitative estimate of drug-likeness (QED) is 0.850. The van der Waals surface area contributed by atoms with Crippen molar-refractivity contribution < 1.29 is 4.79 Å². The molecule has 1 aliphatic carbocycles. The van der Waals surface area contributed by atoms with Crippen LogP contribution in [0.5, 0.6) is 0 Å². The summed E-state index contributed by atoms with van der Waals surface area (Å²) in [5.74, 6) is 0.329. The minimum absolute atomic E-state index is 0.145. The van der Waals surface area contributed by atoms with Crippen molar-refractivity contribution in [3.05, 3.63) is 34.3 Å². The predicted octanol–water partition coefficient (Wildman–Crippen LogP) is 3.17. The minimum Gasteiger partial charge on any atom is -0.356 e. The summed E-state index contributed by atoms with van der Waals surface area (Å²) in [6.07, 6.45) is 4.75. The third-order valence-electron chi connectivity index (χ3n) is 3.43. The average molecular weight is 323 g/mol. The number of nitrogens with zero attached hydrogens (tertiary/aromatic N) is 1. The molecule has 0 spiro atoms. The Morgan fingerprint density at radius 3 is 2.84 bits per heavy atom. The minimum atomic E-state index is 0.145. The lowest BCUT2D eigenvalue weighted by Crippen LogP contribution is -2.29. The van der Waals surface area contributed by atoms with E-state index < -0.39 is 0 Å². The molecule has 1 amide bonds. The maximum Gasteiger partial charge on any atom is 0.223 e. The Balaban J connectivity index is 1.88. The van der Waals surface area contributed by atoms with Gasteiger partial charge in [-0.05, 0) is 43.9 Å². The average Bonchev–Trinajstić information content (AvgIpc) is 2.87. The second-order valence-electron chi connectivity index (χ2n) is 4.89. The maximum atomic E-state index is 11.7. The number of carbonyl (C=O) groups excluding carboxylic acids is 1. The van der Waals surface area contributed by atoms with Gasteiger partial charge in [-0.3, -0.25) is 9.79 Å². The Hall–Kier alpha value is -1.16. The summed E-state index contributed by atoms with van der Waals surface area (Å²) in [4.78, 5) is 16.3. The molecule has 1 aliphatic rings. The van der Waals surface area contributed by atoms with E-state index in [0.717, 1.165) is 29.3 Å². The first-order valence-electron chi connectivity index (χ1n) is 6.75. The molecule has 0 aromatic heterocycles. The first kappa shape index (κ1) is 14.3. The van der Waals surface area contributed by atoms with E-state index in [1.807, 2.05) is 37.4 Å². The molecule has 0 bridgehead atoms. The molecule has 0 heterocycles. The number of halogens is 1. The molecule has 1 aromatic carbocycles. The number of amides is 1. The Morgan fingerprint density at radius 1 is 1.42 bits per heavy atom. The lowest BCUT2D eigenvalue weighted by molar-refractivity contribution is -0.124. The molecule has 1 saturated carbocycles. The standard InChI is InChI=1S/C15H19BrN2O/c1-2-17-15(19)12-5-8-14(9-12)18-10-11-3-6-13(16)7-4-11/h3-4,6-7,10,12,14H,2,5,8-9H2,1H3,(H,17,19)/b18-10+/t12-,14+/m0/s1. The fourth-order valence-corrected chi connectivity index (χ4v) is 2.65. The molecular formula is C15H19BrN2O. The van der Waals surface area contributed by atoms with Crippen molar-refractivity contribution in [2.45, 2.75) is 32.2 Å². The second-order valence-corrected chi connectivity index (χ2v) is 5.80. The molecule has 1 aromatic rings. The van der Waals surface area contributed by atoms with E-state index in [0.29, 0.717) is 6.54 Å². The van der Waals surface area contributed by atoms with Crippen LogP contribution in [-0.2, 0) is 4.79 Å². The smallest absolute Gasteiger partial charge is 0.223 e. The third-order valence-corrected chi connectivity index (χ3v) is 3.96. The third kappa shape index (κ3) is 4.16. The van der Waals surface area contributed by atoms with Crippen molar-refractivity contribution in [3.8, 4) is 0 Å². The van der Waals surface area contributed by atoms with Crippen molar-refractivity contribution in [3.63, 3.8) is 0 Å². The van der Waals surface area contributed by atoms with Crippen LogP contribution in [0.4, 0.5) is 0 Å². The SMILES string of the molecule is CCNC(=O)[C@H]1CC[C@@H](/N=C/c2ccc(Br)cc2)C1. The lowest BCUT2D eigenvalue weighted by Gasteiger charge is -2.08. The van der Waals surface area contributed by atoms with Gasteiger partial charge in [-0.2, -0.15) is 0 Å². The highest BCUT2D eigenvalue weighted by molar-refractivity contribution is 9.10. The number of rotatable bonds is 4. The van der Waals surface area contributed by atoms with Gasteiger partial charge in [-0.1, -0.05) is 28.1 Å². The topological polar surface area (TPSA) is 41.5 Å². The number of hydrogen-bond donors (Lipinski definition) is 1. The molecule has 19 heavy (non-hydrogen) atoms. The molecule has 1 N–H and O–H groups in total. The monoisotopic (exact) mass is 322 g/mol. The molecule has 102 valence electrons. The summed E-state index contributed by atoms with van der Waals surface area (Å²) in [5.41, 5.74) is 1.10. The van der Waals surface area contributed by atoms with Crippen LogP contribution in [0.2, 0.25) is 0 Å². The Labute approximate surface area is 122 Å².